The van der Waals surface area contributed by atoms with Gasteiger partial charge < -0.3 is 14.4 Å². The number of nitrogens with zero attached hydrogens (tertiary/aromatic N) is 2. The van der Waals surface area contributed by atoms with Crippen molar-refractivity contribution in [2.75, 3.05) is 13.2 Å². The topological polar surface area (TPSA) is 66.6 Å². The summed E-state index contributed by atoms with van der Waals surface area (Å²) in [5.74, 6) is 0.682. The number of hydrogen-bond acceptors (Lipinski definition) is 5. The van der Waals surface area contributed by atoms with Crippen molar-refractivity contribution < 1.29 is 14.3 Å². The van der Waals surface area contributed by atoms with Gasteiger partial charge in [0.2, 0.25) is 0 Å². The highest BCUT2D eigenvalue weighted by molar-refractivity contribution is 7.13. The number of likely N-dealkylation sites (tertiary alicyclic amines) is 1. The van der Waals surface area contributed by atoms with Gasteiger partial charge in [0.1, 0.15) is 5.69 Å². The van der Waals surface area contributed by atoms with Crippen LogP contribution in [0.3, 0.4) is 0 Å². The Bertz CT molecular complexity index is 594. The molecular weight excluding hydrogens is 288 g/mol. The summed E-state index contributed by atoms with van der Waals surface area (Å²) in [5.41, 5.74) is 0.488. The molecule has 6 heteroatoms. The second-order valence-corrected chi connectivity index (χ2v) is 6.03. The van der Waals surface area contributed by atoms with Crippen molar-refractivity contribution in [1.29, 1.82) is 0 Å². The molecule has 3 rings (SSSR count). The number of aliphatic hydroxyl groups is 1. The Hall–Kier alpha value is -1.66. The maximum atomic E-state index is 12.6. The summed E-state index contributed by atoms with van der Waals surface area (Å²) < 4.78 is 5.31. The molecule has 0 aliphatic carbocycles. The number of furan rings is 1. The van der Waals surface area contributed by atoms with Gasteiger partial charge in [-0.05, 0) is 37.8 Å². The fourth-order valence-electron chi connectivity index (χ4n) is 2.76. The first kappa shape index (κ1) is 14.3. The van der Waals surface area contributed by atoms with Crippen molar-refractivity contribution in [3.8, 4) is 10.8 Å². The normalized spacial score (nSPS) is 18.3. The van der Waals surface area contributed by atoms with Crippen molar-refractivity contribution in [2.24, 2.45) is 0 Å². The van der Waals surface area contributed by atoms with Crippen LogP contribution in [0.5, 0.6) is 0 Å². The van der Waals surface area contributed by atoms with Crippen LogP contribution < -0.4 is 0 Å². The van der Waals surface area contributed by atoms with Crippen LogP contribution in [0.4, 0.5) is 0 Å². The van der Waals surface area contributed by atoms with E-state index in [-0.39, 0.29) is 18.6 Å². The minimum absolute atomic E-state index is 0.00973. The zero-order valence-corrected chi connectivity index (χ0v) is 12.5. The van der Waals surface area contributed by atoms with Gasteiger partial charge in [-0.1, -0.05) is 0 Å². The Morgan fingerprint density at radius 2 is 2.48 bits per heavy atom. The van der Waals surface area contributed by atoms with E-state index in [9.17, 15) is 4.79 Å². The minimum atomic E-state index is -0.00973. The monoisotopic (exact) mass is 306 g/mol. The van der Waals surface area contributed by atoms with E-state index in [2.05, 4.69) is 4.98 Å². The third kappa shape index (κ3) is 3.01. The van der Waals surface area contributed by atoms with Crippen LogP contribution >= 0.6 is 11.3 Å². The van der Waals surface area contributed by atoms with E-state index in [1.54, 1.807) is 11.6 Å². The molecule has 1 unspecified atom stereocenters. The molecule has 1 aliphatic heterocycles. The fourth-order valence-corrected chi connectivity index (χ4v) is 3.52. The number of aliphatic hydroxyl groups excluding tert-OH is 1. The Balaban J connectivity index is 1.73. The lowest BCUT2D eigenvalue weighted by atomic mass is 10.1. The second-order valence-electron chi connectivity index (χ2n) is 5.18. The molecule has 112 valence electrons. The first-order chi connectivity index (χ1) is 10.3. The Morgan fingerprint density at radius 3 is 3.24 bits per heavy atom. The van der Waals surface area contributed by atoms with Crippen LogP contribution in [0.1, 0.15) is 36.2 Å². The number of aromatic nitrogens is 1. The molecule has 1 saturated heterocycles. The highest BCUT2D eigenvalue weighted by atomic mass is 32.1. The smallest absolute Gasteiger partial charge is 0.273 e. The van der Waals surface area contributed by atoms with Crippen molar-refractivity contribution in [3.63, 3.8) is 0 Å². The van der Waals surface area contributed by atoms with Crippen molar-refractivity contribution >= 4 is 17.2 Å². The Labute approximate surface area is 127 Å². The molecule has 0 spiro atoms. The third-order valence-corrected chi connectivity index (χ3v) is 4.65. The molecule has 0 radical (unpaired) electrons. The van der Waals surface area contributed by atoms with Gasteiger partial charge in [0.05, 0.1) is 6.26 Å². The lowest BCUT2D eigenvalue weighted by Crippen LogP contribution is -2.35. The molecule has 0 aromatic carbocycles. The maximum Gasteiger partial charge on any atom is 0.273 e. The van der Waals surface area contributed by atoms with Gasteiger partial charge in [0, 0.05) is 24.6 Å². The van der Waals surface area contributed by atoms with E-state index in [4.69, 9.17) is 9.52 Å². The average Bonchev–Trinajstić information content (AvgIpc) is 3.24. The second kappa shape index (κ2) is 6.41. The van der Waals surface area contributed by atoms with Gasteiger partial charge >= 0.3 is 0 Å². The van der Waals surface area contributed by atoms with Gasteiger partial charge in [0.25, 0.3) is 5.91 Å². The molecule has 1 amide bonds. The summed E-state index contributed by atoms with van der Waals surface area (Å²) in [6.45, 7) is 0.959. The van der Waals surface area contributed by atoms with E-state index in [0.29, 0.717) is 11.5 Å². The third-order valence-electron chi connectivity index (χ3n) is 3.79. The number of rotatable bonds is 5. The molecule has 1 aliphatic rings. The molecule has 2 aromatic heterocycles. The zero-order chi connectivity index (χ0) is 14.7. The van der Waals surface area contributed by atoms with Gasteiger partial charge in [-0.25, -0.2) is 4.98 Å². The van der Waals surface area contributed by atoms with Crippen molar-refractivity contribution in [3.05, 3.63) is 29.5 Å². The lowest BCUT2D eigenvalue weighted by Gasteiger charge is -2.23. The first-order valence-corrected chi connectivity index (χ1v) is 8.09. The van der Waals surface area contributed by atoms with Gasteiger partial charge in [-0.15, -0.1) is 11.3 Å². The Kier molecular flexibility index (Phi) is 4.36. The van der Waals surface area contributed by atoms with Crippen molar-refractivity contribution in [2.45, 2.75) is 31.7 Å². The molecule has 21 heavy (non-hydrogen) atoms. The average molecular weight is 306 g/mol. The van der Waals surface area contributed by atoms with Gasteiger partial charge in [-0.2, -0.15) is 0 Å². The van der Waals surface area contributed by atoms with Crippen LogP contribution in [-0.2, 0) is 0 Å². The Morgan fingerprint density at radius 1 is 1.57 bits per heavy atom. The number of hydrogen-bond donors (Lipinski definition) is 1. The lowest BCUT2D eigenvalue weighted by molar-refractivity contribution is 0.0719. The molecule has 0 bridgehead atoms. The number of carbonyl (C=O) groups is 1. The molecule has 1 fully saturated rings. The highest BCUT2D eigenvalue weighted by Gasteiger charge is 2.30. The van der Waals surface area contributed by atoms with E-state index in [0.717, 1.165) is 37.2 Å². The standard InChI is InChI=1S/C15H18N2O3S/c18-8-2-5-11-4-1-7-17(11)15(19)12-10-21-14(16-12)13-6-3-9-20-13/h3,6,9-11,18H,1-2,4-5,7-8H2. The number of amides is 1. The molecule has 5 nitrogen and oxygen atoms in total. The van der Waals surface area contributed by atoms with Crippen LogP contribution in [0.25, 0.3) is 10.8 Å². The van der Waals surface area contributed by atoms with Gasteiger partial charge in [0.15, 0.2) is 10.8 Å². The summed E-state index contributed by atoms with van der Waals surface area (Å²) in [5, 5.41) is 11.5. The van der Waals surface area contributed by atoms with E-state index in [1.807, 2.05) is 17.0 Å². The quantitative estimate of drug-likeness (QED) is 0.922. The summed E-state index contributed by atoms with van der Waals surface area (Å²) in [4.78, 5) is 18.9. The number of thiazole rings is 1. The largest absolute Gasteiger partial charge is 0.462 e. The summed E-state index contributed by atoms with van der Waals surface area (Å²) in [7, 11) is 0. The van der Waals surface area contributed by atoms with Crippen molar-refractivity contribution in [1.82, 2.24) is 9.88 Å². The molecule has 0 saturated carbocycles. The molecule has 2 aromatic rings. The van der Waals surface area contributed by atoms with E-state index < -0.39 is 0 Å². The van der Waals surface area contributed by atoms with E-state index >= 15 is 0 Å². The molecule has 3 heterocycles. The van der Waals surface area contributed by atoms with Crippen LogP contribution in [0.15, 0.2) is 28.2 Å². The summed E-state index contributed by atoms with van der Waals surface area (Å²) in [6.07, 6.45) is 5.24. The predicted octanol–water partition coefficient (Wildman–Crippen LogP) is 2.78. The van der Waals surface area contributed by atoms with Gasteiger partial charge in [-0.3, -0.25) is 4.79 Å². The summed E-state index contributed by atoms with van der Waals surface area (Å²) >= 11 is 1.42. The zero-order valence-electron chi connectivity index (χ0n) is 11.7. The van der Waals surface area contributed by atoms with E-state index in [1.165, 1.54) is 11.3 Å². The molecular formula is C15H18N2O3S. The van der Waals surface area contributed by atoms with Crippen LogP contribution in [0, 0.1) is 0 Å². The predicted molar refractivity (Wildman–Crippen MR) is 80.2 cm³/mol. The summed E-state index contributed by atoms with van der Waals surface area (Å²) in [6, 6.07) is 3.88. The highest BCUT2D eigenvalue weighted by Crippen LogP contribution is 2.27. The molecule has 1 atom stereocenters. The molecule has 1 N–H and O–H groups in total. The fraction of sp³-hybridized carbons (Fsp3) is 0.467. The SMILES string of the molecule is O=C(c1csc(-c2ccco2)n1)N1CCCC1CCCO. The van der Waals surface area contributed by atoms with Crippen LogP contribution in [-0.4, -0.2) is 40.1 Å². The first-order valence-electron chi connectivity index (χ1n) is 7.21. The maximum absolute atomic E-state index is 12.6. The number of carbonyl (C=O) groups excluding carboxylic acids is 1. The minimum Gasteiger partial charge on any atom is -0.462 e. The van der Waals surface area contributed by atoms with Crippen LogP contribution in [0.2, 0.25) is 0 Å².